The summed E-state index contributed by atoms with van der Waals surface area (Å²) in [6, 6.07) is 13.7. The number of aromatic nitrogens is 3. The first-order chi connectivity index (χ1) is 9.75. The van der Waals surface area contributed by atoms with Gasteiger partial charge in [0.1, 0.15) is 12.7 Å². The normalized spacial score (nSPS) is 10.0. The van der Waals surface area contributed by atoms with E-state index in [1.165, 1.54) is 11.9 Å². The second kappa shape index (κ2) is 7.01. The monoisotopic (exact) mass is 349 g/mol. The molecule has 2 aromatic heterocycles. The van der Waals surface area contributed by atoms with Gasteiger partial charge in [-0.2, -0.15) is 23.3 Å². The van der Waals surface area contributed by atoms with Crippen molar-refractivity contribution in [2.24, 2.45) is 7.05 Å². The van der Waals surface area contributed by atoms with Crippen LogP contribution in [0.3, 0.4) is 0 Å². The van der Waals surface area contributed by atoms with E-state index in [1.807, 2.05) is 31.4 Å². The molecule has 0 aliphatic carbocycles. The van der Waals surface area contributed by atoms with Crippen LogP contribution in [-0.4, -0.2) is 9.97 Å². The summed E-state index contributed by atoms with van der Waals surface area (Å²) in [6.07, 6.45) is 8.22. The van der Waals surface area contributed by atoms with E-state index in [4.69, 9.17) is 0 Å². The van der Waals surface area contributed by atoms with Gasteiger partial charge in [0.15, 0.2) is 6.20 Å². The SMILES string of the molecule is Cc1ccc(-c2[c-]ncnc2)[c-]c1-c1cccc[n+]1C.[Y]. The molecule has 101 valence electrons. The fourth-order valence-electron chi connectivity index (χ4n) is 2.17. The molecule has 0 saturated carbocycles. The Hall–Kier alpha value is -1.45. The van der Waals surface area contributed by atoms with Crippen molar-refractivity contribution in [3.8, 4) is 22.4 Å². The van der Waals surface area contributed by atoms with Gasteiger partial charge in [0.05, 0.1) is 0 Å². The molecule has 3 aromatic rings. The Kier molecular flexibility index (Phi) is 5.32. The van der Waals surface area contributed by atoms with E-state index in [1.54, 1.807) is 6.20 Å². The number of rotatable bonds is 2. The van der Waals surface area contributed by atoms with Crippen LogP contribution in [0.2, 0.25) is 0 Å². The summed E-state index contributed by atoms with van der Waals surface area (Å²) < 4.78 is 2.09. The molecule has 2 heterocycles. The minimum Gasteiger partial charge on any atom is -0.350 e. The van der Waals surface area contributed by atoms with Gasteiger partial charge in [-0.3, -0.25) is 0 Å². The predicted molar refractivity (Wildman–Crippen MR) is 76.5 cm³/mol. The molecular weight excluding hydrogens is 335 g/mol. The van der Waals surface area contributed by atoms with Crippen LogP contribution in [0.5, 0.6) is 0 Å². The van der Waals surface area contributed by atoms with Gasteiger partial charge in [-0.15, -0.1) is 11.6 Å². The van der Waals surface area contributed by atoms with Gasteiger partial charge >= 0.3 is 0 Å². The van der Waals surface area contributed by atoms with E-state index in [0.717, 1.165) is 22.4 Å². The molecule has 1 radical (unpaired) electrons. The molecule has 0 N–H and O–H groups in total. The molecular formula is C17H14N3Y-. The Morgan fingerprint density at radius 3 is 2.67 bits per heavy atom. The molecule has 3 nitrogen and oxygen atoms in total. The van der Waals surface area contributed by atoms with Crippen molar-refractivity contribution >= 4 is 0 Å². The largest absolute Gasteiger partial charge is 0.350 e. The number of nitrogens with zero attached hydrogens (tertiary/aromatic N) is 3. The van der Waals surface area contributed by atoms with Crippen LogP contribution in [0, 0.1) is 19.2 Å². The molecule has 0 aliphatic rings. The van der Waals surface area contributed by atoms with Crippen LogP contribution in [0.25, 0.3) is 22.4 Å². The fraction of sp³-hybridized carbons (Fsp3) is 0.118. The molecule has 0 fully saturated rings. The Labute approximate surface area is 150 Å². The van der Waals surface area contributed by atoms with Crippen LogP contribution in [0.1, 0.15) is 5.56 Å². The van der Waals surface area contributed by atoms with Crippen molar-refractivity contribution in [2.45, 2.75) is 6.92 Å². The third-order valence-corrected chi connectivity index (χ3v) is 3.27. The molecule has 0 spiro atoms. The average Bonchev–Trinajstić information content (AvgIpc) is 2.49. The van der Waals surface area contributed by atoms with Crippen molar-refractivity contribution in [1.29, 1.82) is 0 Å². The van der Waals surface area contributed by atoms with E-state index in [-0.39, 0.29) is 32.7 Å². The van der Waals surface area contributed by atoms with Gasteiger partial charge in [-0.1, -0.05) is 30.9 Å². The number of pyridine rings is 1. The Morgan fingerprint density at radius 2 is 1.95 bits per heavy atom. The molecule has 3 rings (SSSR count). The summed E-state index contributed by atoms with van der Waals surface area (Å²) in [7, 11) is 2.03. The minimum absolute atomic E-state index is 0. The van der Waals surface area contributed by atoms with E-state index >= 15 is 0 Å². The van der Waals surface area contributed by atoms with Crippen molar-refractivity contribution < 1.29 is 37.3 Å². The first-order valence-electron chi connectivity index (χ1n) is 6.42. The minimum atomic E-state index is 0. The molecule has 1 aromatic carbocycles. The molecule has 0 bridgehead atoms. The summed E-state index contributed by atoms with van der Waals surface area (Å²) >= 11 is 0. The third kappa shape index (κ3) is 3.42. The Balaban J connectivity index is 0.00000161. The first kappa shape index (κ1) is 15.9. The van der Waals surface area contributed by atoms with Crippen molar-refractivity contribution in [2.75, 3.05) is 0 Å². The maximum absolute atomic E-state index is 4.04. The summed E-state index contributed by atoms with van der Waals surface area (Å²) in [5, 5.41) is 0. The number of hydrogen-bond donors (Lipinski definition) is 0. The maximum atomic E-state index is 4.04. The molecule has 4 heteroatoms. The smallest absolute Gasteiger partial charge is 0.161 e. The standard InChI is InChI=1S/C17H14N3.Y/c1-13-6-7-14(15-10-18-12-19-11-15)9-16(13)17-5-3-4-8-20(17)2;/h3-8,10,12H,1-2H3;/q-1;. The molecule has 0 unspecified atom stereocenters. The summed E-state index contributed by atoms with van der Waals surface area (Å²) in [5.74, 6) is 0. The van der Waals surface area contributed by atoms with Gasteiger partial charge in [0, 0.05) is 45.1 Å². The molecule has 0 saturated heterocycles. The van der Waals surface area contributed by atoms with Crippen molar-refractivity contribution in [3.05, 3.63) is 66.9 Å². The molecule has 0 aliphatic heterocycles. The maximum Gasteiger partial charge on any atom is 0.161 e. The van der Waals surface area contributed by atoms with Gasteiger partial charge in [-0.05, 0) is 6.07 Å². The molecule has 21 heavy (non-hydrogen) atoms. The Morgan fingerprint density at radius 1 is 1.10 bits per heavy atom. The number of aryl methyl sites for hydroxylation is 2. The van der Waals surface area contributed by atoms with Crippen molar-refractivity contribution in [3.63, 3.8) is 0 Å². The van der Waals surface area contributed by atoms with E-state index < -0.39 is 0 Å². The zero-order valence-corrected chi connectivity index (χ0v) is 14.9. The fourth-order valence-corrected chi connectivity index (χ4v) is 2.17. The van der Waals surface area contributed by atoms with Crippen LogP contribution in [0.15, 0.2) is 49.1 Å². The Bertz CT molecular complexity index is 742. The van der Waals surface area contributed by atoms with Gasteiger partial charge in [0.2, 0.25) is 0 Å². The number of hydrogen-bond acceptors (Lipinski definition) is 2. The summed E-state index contributed by atoms with van der Waals surface area (Å²) in [6.45, 7) is 2.09. The van der Waals surface area contributed by atoms with E-state index in [2.05, 4.69) is 45.9 Å². The topological polar surface area (TPSA) is 29.7 Å². The summed E-state index contributed by atoms with van der Waals surface area (Å²) in [4.78, 5) is 7.98. The molecule has 0 atom stereocenters. The second-order valence-electron chi connectivity index (χ2n) is 4.68. The first-order valence-corrected chi connectivity index (χ1v) is 6.42. The zero-order chi connectivity index (χ0) is 13.9. The predicted octanol–water partition coefficient (Wildman–Crippen LogP) is 2.54. The van der Waals surface area contributed by atoms with Gasteiger partial charge in [0.25, 0.3) is 0 Å². The van der Waals surface area contributed by atoms with E-state index in [0.29, 0.717) is 0 Å². The quantitative estimate of drug-likeness (QED) is 0.526. The second-order valence-corrected chi connectivity index (χ2v) is 4.68. The summed E-state index contributed by atoms with van der Waals surface area (Å²) in [5.41, 5.74) is 5.21. The van der Waals surface area contributed by atoms with Crippen LogP contribution in [-0.2, 0) is 39.8 Å². The zero-order valence-electron chi connectivity index (χ0n) is 12.0. The van der Waals surface area contributed by atoms with Gasteiger partial charge in [-0.25, -0.2) is 4.57 Å². The average molecular weight is 349 g/mol. The number of benzene rings is 1. The van der Waals surface area contributed by atoms with Crippen LogP contribution < -0.4 is 4.57 Å². The van der Waals surface area contributed by atoms with Crippen LogP contribution in [0.4, 0.5) is 0 Å². The third-order valence-electron chi connectivity index (χ3n) is 3.27. The van der Waals surface area contributed by atoms with Gasteiger partial charge < -0.3 is 9.97 Å². The van der Waals surface area contributed by atoms with E-state index in [9.17, 15) is 0 Å². The van der Waals surface area contributed by atoms with Crippen molar-refractivity contribution in [1.82, 2.24) is 9.97 Å². The molecule has 0 amide bonds. The van der Waals surface area contributed by atoms with Crippen LogP contribution >= 0.6 is 0 Å².